The van der Waals surface area contributed by atoms with Crippen LogP contribution < -0.4 is 5.32 Å². The molecular formula is C18H15BrN6O. The van der Waals surface area contributed by atoms with Crippen LogP contribution in [0.4, 0.5) is 5.95 Å². The van der Waals surface area contributed by atoms with Crippen molar-refractivity contribution in [3.05, 3.63) is 70.1 Å². The van der Waals surface area contributed by atoms with Gasteiger partial charge in [0, 0.05) is 11.8 Å². The van der Waals surface area contributed by atoms with Gasteiger partial charge in [-0.15, -0.1) is 10.2 Å². The number of nitrogens with zero attached hydrogens (tertiary/aromatic N) is 5. The molecule has 0 saturated heterocycles. The molecule has 3 heterocycles. The lowest BCUT2D eigenvalue weighted by atomic mass is 10.2. The molecule has 4 aromatic rings. The van der Waals surface area contributed by atoms with Gasteiger partial charge in [-0.25, -0.2) is 4.68 Å². The van der Waals surface area contributed by atoms with E-state index in [1.54, 1.807) is 22.7 Å². The third-order valence-corrected chi connectivity index (χ3v) is 5.26. The van der Waals surface area contributed by atoms with Crippen LogP contribution in [-0.2, 0) is 0 Å². The van der Waals surface area contributed by atoms with E-state index in [9.17, 15) is 4.79 Å². The number of carbonyl (C=O) groups is 1. The number of hydrogen-bond acceptors (Lipinski definition) is 4. The summed E-state index contributed by atoms with van der Waals surface area (Å²) in [7, 11) is 0. The Labute approximate surface area is 157 Å². The highest BCUT2D eigenvalue weighted by atomic mass is 79.9. The number of hydrogen-bond donors (Lipinski definition) is 1. The topological polar surface area (TPSA) is 77.1 Å². The Morgan fingerprint density at radius 3 is 2.54 bits per heavy atom. The van der Waals surface area contributed by atoms with Crippen molar-refractivity contribution in [3.63, 3.8) is 0 Å². The summed E-state index contributed by atoms with van der Waals surface area (Å²) in [6, 6.07) is 12.8. The number of pyridine rings is 1. The van der Waals surface area contributed by atoms with Crippen LogP contribution in [0, 0.1) is 13.8 Å². The van der Waals surface area contributed by atoms with E-state index in [0.29, 0.717) is 17.2 Å². The number of aromatic nitrogens is 5. The van der Waals surface area contributed by atoms with Crippen molar-refractivity contribution in [2.75, 3.05) is 5.32 Å². The molecular weight excluding hydrogens is 396 g/mol. The summed E-state index contributed by atoms with van der Waals surface area (Å²) in [5.41, 5.74) is 4.02. The SMILES string of the molecule is Cc1nn(-c2ccc(C(=O)Nc3nnc4ccccn34)cc2)c(C)c1Br. The summed E-state index contributed by atoms with van der Waals surface area (Å²) in [6.07, 6.45) is 1.80. The van der Waals surface area contributed by atoms with Crippen LogP contribution in [-0.4, -0.2) is 30.3 Å². The summed E-state index contributed by atoms with van der Waals surface area (Å²) in [6.45, 7) is 3.93. The van der Waals surface area contributed by atoms with Gasteiger partial charge in [-0.05, 0) is 66.2 Å². The molecule has 130 valence electrons. The van der Waals surface area contributed by atoms with E-state index in [4.69, 9.17) is 0 Å². The lowest BCUT2D eigenvalue weighted by Gasteiger charge is -2.07. The number of fused-ring (bicyclic) bond motifs is 1. The van der Waals surface area contributed by atoms with E-state index in [2.05, 4.69) is 36.5 Å². The fourth-order valence-electron chi connectivity index (χ4n) is 2.73. The van der Waals surface area contributed by atoms with Crippen LogP contribution >= 0.6 is 15.9 Å². The predicted octanol–water partition coefficient (Wildman–Crippen LogP) is 3.55. The Kier molecular flexibility index (Phi) is 4.04. The van der Waals surface area contributed by atoms with Crippen molar-refractivity contribution in [1.29, 1.82) is 0 Å². The summed E-state index contributed by atoms with van der Waals surface area (Å²) in [5, 5.41) is 15.3. The highest BCUT2D eigenvalue weighted by Gasteiger charge is 2.13. The summed E-state index contributed by atoms with van der Waals surface area (Å²) >= 11 is 3.53. The number of amides is 1. The maximum atomic E-state index is 12.5. The average Bonchev–Trinajstić information content (AvgIpc) is 3.18. The molecule has 0 spiro atoms. The van der Waals surface area contributed by atoms with Gasteiger partial charge in [0.1, 0.15) is 0 Å². The van der Waals surface area contributed by atoms with E-state index in [1.165, 1.54) is 0 Å². The Balaban J connectivity index is 1.58. The van der Waals surface area contributed by atoms with Crippen molar-refractivity contribution in [2.24, 2.45) is 0 Å². The molecule has 3 aromatic heterocycles. The molecule has 0 radical (unpaired) electrons. The first-order valence-electron chi connectivity index (χ1n) is 7.98. The molecule has 1 aromatic carbocycles. The van der Waals surface area contributed by atoms with Gasteiger partial charge in [0.15, 0.2) is 5.65 Å². The van der Waals surface area contributed by atoms with Crippen molar-refractivity contribution in [3.8, 4) is 5.69 Å². The molecule has 26 heavy (non-hydrogen) atoms. The van der Waals surface area contributed by atoms with Crippen LogP contribution in [0.15, 0.2) is 53.1 Å². The Morgan fingerprint density at radius 1 is 1.08 bits per heavy atom. The molecule has 0 aliphatic heterocycles. The lowest BCUT2D eigenvalue weighted by Crippen LogP contribution is -2.14. The molecule has 0 saturated carbocycles. The number of benzene rings is 1. The molecule has 1 N–H and O–H groups in total. The largest absolute Gasteiger partial charge is 0.290 e. The highest BCUT2D eigenvalue weighted by molar-refractivity contribution is 9.10. The first kappa shape index (κ1) is 16.5. The Bertz CT molecular complexity index is 1110. The number of carbonyl (C=O) groups excluding carboxylic acids is 1. The van der Waals surface area contributed by atoms with Crippen LogP contribution in [0.1, 0.15) is 21.7 Å². The zero-order valence-electron chi connectivity index (χ0n) is 14.1. The van der Waals surface area contributed by atoms with Gasteiger partial charge < -0.3 is 0 Å². The number of aryl methyl sites for hydroxylation is 1. The summed E-state index contributed by atoms with van der Waals surface area (Å²) in [4.78, 5) is 12.5. The van der Waals surface area contributed by atoms with Crippen molar-refractivity contribution in [1.82, 2.24) is 24.4 Å². The van der Waals surface area contributed by atoms with Gasteiger partial charge in [-0.1, -0.05) is 6.07 Å². The van der Waals surface area contributed by atoms with E-state index in [0.717, 1.165) is 21.5 Å². The molecule has 4 rings (SSSR count). The molecule has 0 unspecified atom stereocenters. The van der Waals surface area contributed by atoms with Crippen LogP contribution in [0.3, 0.4) is 0 Å². The van der Waals surface area contributed by atoms with Gasteiger partial charge in [-0.3, -0.25) is 14.5 Å². The molecule has 0 atom stereocenters. The van der Waals surface area contributed by atoms with E-state index < -0.39 is 0 Å². The van der Waals surface area contributed by atoms with Crippen molar-refractivity contribution >= 4 is 33.4 Å². The average molecular weight is 411 g/mol. The van der Waals surface area contributed by atoms with Crippen LogP contribution in [0.5, 0.6) is 0 Å². The second-order valence-corrected chi connectivity index (χ2v) is 6.64. The van der Waals surface area contributed by atoms with Gasteiger partial charge in [0.05, 0.1) is 21.5 Å². The quantitative estimate of drug-likeness (QED) is 0.560. The number of rotatable bonds is 3. The lowest BCUT2D eigenvalue weighted by molar-refractivity contribution is 0.102. The number of nitrogens with one attached hydrogen (secondary N) is 1. The molecule has 1 amide bonds. The minimum atomic E-state index is -0.246. The smallest absolute Gasteiger partial charge is 0.258 e. The van der Waals surface area contributed by atoms with Gasteiger partial charge in [-0.2, -0.15) is 5.10 Å². The van der Waals surface area contributed by atoms with Crippen molar-refractivity contribution in [2.45, 2.75) is 13.8 Å². The molecule has 0 bridgehead atoms. The molecule has 0 aliphatic rings. The first-order chi connectivity index (χ1) is 12.5. The van der Waals surface area contributed by atoms with E-state index in [1.807, 2.05) is 48.9 Å². The second kappa shape index (κ2) is 6.38. The van der Waals surface area contributed by atoms with Gasteiger partial charge in [0.25, 0.3) is 5.91 Å². The monoisotopic (exact) mass is 410 g/mol. The minimum absolute atomic E-state index is 0.246. The van der Waals surface area contributed by atoms with E-state index >= 15 is 0 Å². The number of halogens is 1. The maximum absolute atomic E-state index is 12.5. The summed E-state index contributed by atoms with van der Waals surface area (Å²) in [5.74, 6) is 0.140. The zero-order chi connectivity index (χ0) is 18.3. The maximum Gasteiger partial charge on any atom is 0.258 e. The minimum Gasteiger partial charge on any atom is -0.290 e. The normalized spacial score (nSPS) is 11.0. The molecule has 0 aliphatic carbocycles. The number of anilines is 1. The fraction of sp³-hybridized carbons (Fsp3) is 0.111. The van der Waals surface area contributed by atoms with E-state index in [-0.39, 0.29) is 5.91 Å². The van der Waals surface area contributed by atoms with Crippen LogP contribution in [0.2, 0.25) is 0 Å². The highest BCUT2D eigenvalue weighted by Crippen LogP contribution is 2.23. The van der Waals surface area contributed by atoms with Gasteiger partial charge in [0.2, 0.25) is 5.95 Å². The van der Waals surface area contributed by atoms with Gasteiger partial charge >= 0.3 is 0 Å². The molecule has 8 heteroatoms. The third kappa shape index (κ3) is 2.78. The molecule has 0 fully saturated rings. The predicted molar refractivity (Wildman–Crippen MR) is 102 cm³/mol. The third-order valence-electron chi connectivity index (χ3n) is 4.12. The fourth-order valence-corrected chi connectivity index (χ4v) is 2.98. The van der Waals surface area contributed by atoms with Crippen molar-refractivity contribution < 1.29 is 4.79 Å². The second-order valence-electron chi connectivity index (χ2n) is 5.85. The zero-order valence-corrected chi connectivity index (χ0v) is 15.7. The Morgan fingerprint density at radius 2 is 1.85 bits per heavy atom. The first-order valence-corrected chi connectivity index (χ1v) is 8.77. The summed E-state index contributed by atoms with van der Waals surface area (Å²) < 4.78 is 4.55. The Hall–Kier alpha value is -3.00. The molecule has 7 nitrogen and oxygen atoms in total. The standard InChI is InChI=1S/C18H15BrN6O/c1-11-16(19)12(2)25(23-11)14-8-6-13(7-9-14)17(26)20-18-22-21-15-5-3-4-10-24(15)18/h3-10H,1-2H3,(H,20,22,26). The van der Waals surface area contributed by atoms with Crippen LogP contribution in [0.25, 0.3) is 11.3 Å².